The lowest BCUT2D eigenvalue weighted by Crippen LogP contribution is -2.39. The van der Waals surface area contributed by atoms with E-state index in [1.54, 1.807) is 0 Å². The summed E-state index contributed by atoms with van der Waals surface area (Å²) in [6.07, 6.45) is 5.27. The third-order valence-electron chi connectivity index (χ3n) is 3.91. The Morgan fingerprint density at radius 1 is 1.33 bits per heavy atom. The van der Waals surface area contributed by atoms with E-state index < -0.39 is 0 Å². The average Bonchev–Trinajstić information content (AvgIpc) is 2.69. The molecular weight excluding hydrogens is 192 g/mol. The average molecular weight is 214 g/mol. The molecule has 3 heteroatoms. The molecule has 0 aromatic heterocycles. The first-order chi connectivity index (χ1) is 7.26. The molecule has 0 amide bonds. The lowest BCUT2D eigenvalue weighted by molar-refractivity contribution is -0.194. The minimum Gasteiger partial charge on any atom is -0.396 e. The van der Waals surface area contributed by atoms with Crippen molar-refractivity contribution in [2.45, 2.75) is 44.8 Å². The molecule has 2 rings (SSSR count). The van der Waals surface area contributed by atoms with Gasteiger partial charge in [0.15, 0.2) is 5.79 Å². The van der Waals surface area contributed by atoms with Crippen molar-refractivity contribution in [3.8, 4) is 0 Å². The molecule has 0 aromatic rings. The Morgan fingerprint density at radius 2 is 2.07 bits per heavy atom. The summed E-state index contributed by atoms with van der Waals surface area (Å²) in [5.41, 5.74) is 0. The summed E-state index contributed by atoms with van der Waals surface area (Å²) in [4.78, 5) is 0. The molecule has 88 valence electrons. The van der Waals surface area contributed by atoms with Crippen LogP contribution in [0.5, 0.6) is 0 Å². The monoisotopic (exact) mass is 214 g/mol. The first-order valence-corrected chi connectivity index (χ1v) is 6.14. The molecule has 2 fully saturated rings. The minimum absolute atomic E-state index is 0.257. The smallest absolute Gasteiger partial charge is 0.168 e. The fraction of sp³-hybridized carbons (Fsp3) is 1.00. The molecule has 1 spiro atoms. The molecule has 1 aliphatic heterocycles. The lowest BCUT2D eigenvalue weighted by atomic mass is 9.75. The van der Waals surface area contributed by atoms with Gasteiger partial charge in [-0.05, 0) is 31.1 Å². The molecule has 2 atom stereocenters. The first kappa shape index (κ1) is 11.4. The molecule has 0 unspecified atom stereocenters. The van der Waals surface area contributed by atoms with Crippen molar-refractivity contribution < 1.29 is 14.6 Å². The number of hydrogen-bond donors (Lipinski definition) is 1. The fourth-order valence-corrected chi connectivity index (χ4v) is 2.89. The van der Waals surface area contributed by atoms with E-state index in [9.17, 15) is 0 Å². The van der Waals surface area contributed by atoms with E-state index in [2.05, 4.69) is 6.92 Å². The van der Waals surface area contributed by atoms with Crippen LogP contribution in [0.25, 0.3) is 0 Å². The van der Waals surface area contributed by atoms with Crippen molar-refractivity contribution in [3.63, 3.8) is 0 Å². The summed E-state index contributed by atoms with van der Waals surface area (Å²) in [6, 6.07) is 0. The highest BCUT2D eigenvalue weighted by Crippen LogP contribution is 2.43. The maximum absolute atomic E-state index is 8.88. The lowest BCUT2D eigenvalue weighted by Gasteiger charge is -2.40. The molecule has 2 aliphatic rings. The van der Waals surface area contributed by atoms with Gasteiger partial charge in [0.25, 0.3) is 0 Å². The van der Waals surface area contributed by atoms with Crippen molar-refractivity contribution in [1.82, 2.24) is 0 Å². The van der Waals surface area contributed by atoms with Gasteiger partial charge in [-0.1, -0.05) is 6.92 Å². The summed E-state index contributed by atoms with van der Waals surface area (Å²) in [5, 5.41) is 8.88. The first-order valence-electron chi connectivity index (χ1n) is 6.14. The van der Waals surface area contributed by atoms with Crippen LogP contribution in [0.4, 0.5) is 0 Å². The summed E-state index contributed by atoms with van der Waals surface area (Å²) in [7, 11) is 0. The van der Waals surface area contributed by atoms with Crippen LogP contribution < -0.4 is 0 Å². The summed E-state index contributed by atoms with van der Waals surface area (Å²) >= 11 is 0. The van der Waals surface area contributed by atoms with Gasteiger partial charge in [-0.2, -0.15) is 0 Å². The summed E-state index contributed by atoms with van der Waals surface area (Å²) < 4.78 is 11.5. The molecule has 1 aliphatic carbocycles. The van der Waals surface area contributed by atoms with Gasteiger partial charge in [-0.15, -0.1) is 0 Å². The van der Waals surface area contributed by atoms with Crippen molar-refractivity contribution in [3.05, 3.63) is 0 Å². The van der Waals surface area contributed by atoms with Crippen LogP contribution in [-0.4, -0.2) is 30.7 Å². The van der Waals surface area contributed by atoms with Gasteiger partial charge in [0, 0.05) is 19.4 Å². The molecule has 0 aromatic carbocycles. The number of rotatable bonds is 3. The highest BCUT2D eigenvalue weighted by atomic mass is 16.7. The van der Waals surface area contributed by atoms with Crippen LogP contribution in [0.3, 0.4) is 0 Å². The summed E-state index contributed by atoms with van der Waals surface area (Å²) in [6.45, 7) is 4.12. The van der Waals surface area contributed by atoms with Gasteiger partial charge in [0.2, 0.25) is 0 Å². The van der Waals surface area contributed by atoms with Crippen molar-refractivity contribution >= 4 is 0 Å². The number of ether oxygens (including phenoxy) is 2. The molecule has 0 radical (unpaired) electrons. The second-order valence-electron chi connectivity index (χ2n) is 4.95. The zero-order valence-electron chi connectivity index (χ0n) is 9.58. The third-order valence-corrected chi connectivity index (χ3v) is 3.91. The van der Waals surface area contributed by atoms with Crippen LogP contribution in [0.15, 0.2) is 0 Å². The summed E-state index contributed by atoms with van der Waals surface area (Å²) in [5.74, 6) is 1.14. The zero-order valence-corrected chi connectivity index (χ0v) is 9.58. The molecule has 1 N–H and O–H groups in total. The van der Waals surface area contributed by atoms with Crippen molar-refractivity contribution in [2.75, 3.05) is 19.8 Å². The highest BCUT2D eigenvalue weighted by Gasteiger charge is 2.43. The van der Waals surface area contributed by atoms with Gasteiger partial charge < -0.3 is 14.6 Å². The minimum atomic E-state index is -0.257. The SMILES string of the molecule is C[C@H]1CCC2(C[C@H]1CCCO)OCCO2. The Bertz CT molecular complexity index is 199. The topological polar surface area (TPSA) is 38.7 Å². The molecule has 1 saturated heterocycles. The Balaban J connectivity index is 1.91. The molecule has 0 bridgehead atoms. The van der Waals surface area contributed by atoms with E-state index in [0.29, 0.717) is 12.5 Å². The quantitative estimate of drug-likeness (QED) is 0.780. The second-order valence-corrected chi connectivity index (χ2v) is 4.95. The van der Waals surface area contributed by atoms with E-state index in [1.807, 2.05) is 0 Å². The maximum Gasteiger partial charge on any atom is 0.168 e. The Kier molecular flexibility index (Phi) is 3.65. The molecule has 1 heterocycles. The Labute approximate surface area is 91.8 Å². The van der Waals surface area contributed by atoms with Crippen LogP contribution in [0.2, 0.25) is 0 Å². The van der Waals surface area contributed by atoms with Crippen LogP contribution >= 0.6 is 0 Å². The van der Waals surface area contributed by atoms with Crippen LogP contribution in [0, 0.1) is 11.8 Å². The van der Waals surface area contributed by atoms with Gasteiger partial charge in [-0.25, -0.2) is 0 Å². The predicted molar refractivity (Wildman–Crippen MR) is 57.5 cm³/mol. The molecular formula is C12H22O3. The molecule has 3 nitrogen and oxygen atoms in total. The highest BCUT2D eigenvalue weighted by molar-refractivity contribution is 4.86. The Hall–Kier alpha value is -0.120. The van der Waals surface area contributed by atoms with Crippen molar-refractivity contribution in [2.24, 2.45) is 11.8 Å². The van der Waals surface area contributed by atoms with E-state index in [-0.39, 0.29) is 5.79 Å². The van der Waals surface area contributed by atoms with Crippen LogP contribution in [0.1, 0.15) is 39.0 Å². The van der Waals surface area contributed by atoms with Gasteiger partial charge in [0.05, 0.1) is 13.2 Å². The van der Waals surface area contributed by atoms with E-state index in [4.69, 9.17) is 14.6 Å². The normalized spacial score (nSPS) is 34.8. The third kappa shape index (κ3) is 2.52. The van der Waals surface area contributed by atoms with Gasteiger partial charge in [0.1, 0.15) is 0 Å². The van der Waals surface area contributed by atoms with E-state index >= 15 is 0 Å². The predicted octanol–water partition coefficient (Wildman–Crippen LogP) is 1.94. The standard InChI is InChI=1S/C12H22O3/c1-10-4-5-12(14-7-8-15-12)9-11(10)3-2-6-13/h10-11,13H,2-9H2,1H3/t10-,11+/m0/s1. The fourth-order valence-electron chi connectivity index (χ4n) is 2.89. The number of aliphatic hydroxyl groups is 1. The zero-order chi connectivity index (χ0) is 10.7. The number of hydrogen-bond acceptors (Lipinski definition) is 3. The molecule has 15 heavy (non-hydrogen) atoms. The largest absolute Gasteiger partial charge is 0.396 e. The van der Waals surface area contributed by atoms with Crippen LogP contribution in [-0.2, 0) is 9.47 Å². The van der Waals surface area contributed by atoms with E-state index in [1.165, 1.54) is 6.42 Å². The second kappa shape index (κ2) is 4.81. The van der Waals surface area contributed by atoms with Crippen molar-refractivity contribution in [1.29, 1.82) is 0 Å². The molecule has 1 saturated carbocycles. The van der Waals surface area contributed by atoms with Gasteiger partial charge in [-0.3, -0.25) is 0 Å². The number of aliphatic hydroxyl groups excluding tert-OH is 1. The van der Waals surface area contributed by atoms with Gasteiger partial charge >= 0.3 is 0 Å². The Morgan fingerprint density at radius 3 is 2.73 bits per heavy atom. The van der Waals surface area contributed by atoms with E-state index in [0.717, 1.165) is 44.8 Å². The maximum atomic E-state index is 8.88.